The summed E-state index contributed by atoms with van der Waals surface area (Å²) >= 11 is 3.12. The van der Waals surface area contributed by atoms with Gasteiger partial charge in [0.2, 0.25) is 0 Å². The number of carbonyl (C=O) groups is 2. The molecule has 0 atom stereocenters. The van der Waals surface area contributed by atoms with Crippen molar-refractivity contribution in [3.05, 3.63) is 58.4 Å². The van der Waals surface area contributed by atoms with Crippen molar-refractivity contribution in [1.29, 1.82) is 0 Å². The number of hydrogen-bond donors (Lipinski definition) is 0. The van der Waals surface area contributed by atoms with Gasteiger partial charge in [0.1, 0.15) is 5.75 Å². The summed E-state index contributed by atoms with van der Waals surface area (Å²) < 4.78 is 13.8. The third-order valence-electron chi connectivity index (χ3n) is 5.01. The molecule has 1 aromatic heterocycles. The smallest absolute Gasteiger partial charge is 0.338 e. The first-order valence-corrected chi connectivity index (χ1v) is 13.4. The number of hydrogen-bond acceptors (Lipinski definition) is 6. The van der Waals surface area contributed by atoms with Gasteiger partial charge in [-0.3, -0.25) is 4.79 Å². The number of unbranched alkanes of at least 4 members (excludes halogenated alkanes) is 2. The quantitative estimate of drug-likeness (QED) is 0.262. The summed E-state index contributed by atoms with van der Waals surface area (Å²) in [6.07, 6.45) is 5.29. The Kier molecular flexibility index (Phi) is 9.57. The molecule has 0 aliphatic heterocycles. The summed E-state index contributed by atoms with van der Waals surface area (Å²) in [4.78, 5) is 30.2. The Labute approximate surface area is 202 Å². The highest BCUT2D eigenvalue weighted by Gasteiger charge is 2.13. The molecular formula is C25H30N2O4S2. The molecule has 2 aromatic carbocycles. The molecule has 6 nitrogen and oxygen atoms in total. The van der Waals surface area contributed by atoms with E-state index in [0.29, 0.717) is 41.4 Å². The fraction of sp³-hybridized carbons (Fsp3) is 0.400. The van der Waals surface area contributed by atoms with Crippen molar-refractivity contribution in [2.24, 2.45) is 4.99 Å². The van der Waals surface area contributed by atoms with Gasteiger partial charge < -0.3 is 14.0 Å². The van der Waals surface area contributed by atoms with Crippen LogP contribution < -0.4 is 9.54 Å². The zero-order chi connectivity index (χ0) is 23.6. The van der Waals surface area contributed by atoms with Gasteiger partial charge in [0.05, 0.1) is 29.0 Å². The molecule has 1 heterocycles. The molecule has 0 saturated carbocycles. The van der Waals surface area contributed by atoms with Crippen LogP contribution in [-0.4, -0.2) is 41.7 Å². The lowest BCUT2D eigenvalue weighted by Crippen LogP contribution is -2.18. The van der Waals surface area contributed by atoms with E-state index in [2.05, 4.69) is 11.9 Å². The second-order valence-corrected chi connectivity index (χ2v) is 9.43. The number of rotatable bonds is 11. The number of fused-ring (bicyclic) bond motifs is 1. The van der Waals surface area contributed by atoms with Crippen LogP contribution >= 0.6 is 23.1 Å². The molecule has 0 spiro atoms. The summed E-state index contributed by atoms with van der Waals surface area (Å²) in [5.41, 5.74) is 1.93. The van der Waals surface area contributed by atoms with Crippen molar-refractivity contribution in [1.82, 2.24) is 4.57 Å². The number of carbonyl (C=O) groups excluding carboxylic acids is 2. The van der Waals surface area contributed by atoms with Crippen LogP contribution in [0, 0.1) is 0 Å². The van der Waals surface area contributed by atoms with Crippen molar-refractivity contribution in [3.63, 3.8) is 0 Å². The number of thiazole rings is 1. The van der Waals surface area contributed by atoms with E-state index in [0.717, 1.165) is 35.2 Å². The minimum Gasteiger partial charge on any atom is -0.494 e. The van der Waals surface area contributed by atoms with Crippen molar-refractivity contribution >= 4 is 45.2 Å². The van der Waals surface area contributed by atoms with Crippen LogP contribution in [-0.2, 0) is 11.3 Å². The Morgan fingerprint density at radius 1 is 1.09 bits per heavy atom. The van der Waals surface area contributed by atoms with Crippen LogP contribution in [0.3, 0.4) is 0 Å². The van der Waals surface area contributed by atoms with E-state index >= 15 is 0 Å². The largest absolute Gasteiger partial charge is 0.494 e. The average molecular weight is 487 g/mol. The predicted octanol–water partition coefficient (Wildman–Crippen LogP) is 5.55. The standard InChI is InChI=1S/C25H30N2O4S2/c1-4-6-7-14-31-20-10-8-9-18(16-20)23(28)26-25-27(13-15-32-3)21-12-11-19(17-22(21)33-25)24(29)30-5-2/h8-12,16-17H,4-7,13-15H2,1-3H3. The number of nitrogens with zero attached hydrogens (tertiary/aromatic N) is 2. The molecule has 8 heteroatoms. The van der Waals surface area contributed by atoms with E-state index in [-0.39, 0.29) is 11.9 Å². The molecule has 0 aliphatic carbocycles. The molecule has 0 aliphatic rings. The summed E-state index contributed by atoms with van der Waals surface area (Å²) in [5, 5.41) is 0. The zero-order valence-electron chi connectivity index (χ0n) is 19.3. The Morgan fingerprint density at radius 2 is 1.94 bits per heavy atom. The monoisotopic (exact) mass is 486 g/mol. The highest BCUT2D eigenvalue weighted by atomic mass is 32.2. The van der Waals surface area contributed by atoms with Crippen LogP contribution in [0.25, 0.3) is 10.2 Å². The second-order valence-electron chi connectivity index (χ2n) is 7.43. The van der Waals surface area contributed by atoms with Crippen LogP contribution in [0.15, 0.2) is 47.5 Å². The third kappa shape index (κ3) is 6.71. The first-order valence-electron chi connectivity index (χ1n) is 11.2. The Balaban J connectivity index is 1.93. The number of ether oxygens (including phenoxy) is 2. The summed E-state index contributed by atoms with van der Waals surface area (Å²) in [7, 11) is 0. The average Bonchev–Trinajstić information content (AvgIpc) is 3.16. The Hall–Kier alpha value is -2.58. The van der Waals surface area contributed by atoms with E-state index in [1.54, 1.807) is 36.9 Å². The maximum atomic E-state index is 13.0. The van der Waals surface area contributed by atoms with Crippen molar-refractivity contribution in [2.45, 2.75) is 39.7 Å². The predicted molar refractivity (Wildman–Crippen MR) is 136 cm³/mol. The Morgan fingerprint density at radius 3 is 2.70 bits per heavy atom. The molecule has 0 radical (unpaired) electrons. The second kappa shape index (κ2) is 12.6. The third-order valence-corrected chi connectivity index (χ3v) is 6.64. The van der Waals surface area contributed by atoms with E-state index in [4.69, 9.17) is 9.47 Å². The molecule has 3 rings (SSSR count). The number of benzene rings is 2. The van der Waals surface area contributed by atoms with Gasteiger partial charge in [-0.15, -0.1) is 0 Å². The van der Waals surface area contributed by atoms with Gasteiger partial charge in [-0.2, -0.15) is 16.8 Å². The number of esters is 1. The van der Waals surface area contributed by atoms with Gasteiger partial charge in [-0.25, -0.2) is 4.79 Å². The van der Waals surface area contributed by atoms with Crippen molar-refractivity contribution in [3.8, 4) is 5.75 Å². The normalized spacial score (nSPS) is 11.7. The number of aryl methyl sites for hydroxylation is 1. The van der Waals surface area contributed by atoms with Gasteiger partial charge in [0.15, 0.2) is 4.80 Å². The Bertz CT molecular complexity index is 1170. The van der Waals surface area contributed by atoms with Crippen LogP contribution in [0.5, 0.6) is 5.75 Å². The van der Waals surface area contributed by atoms with Crippen LogP contribution in [0.1, 0.15) is 53.8 Å². The maximum Gasteiger partial charge on any atom is 0.338 e. The first-order chi connectivity index (χ1) is 16.1. The number of aromatic nitrogens is 1. The zero-order valence-corrected chi connectivity index (χ0v) is 21.0. The molecule has 1 amide bonds. The SMILES string of the molecule is CCCCCOc1cccc(C(=O)N=c2sc3cc(C(=O)OCC)ccc3n2CCSC)c1. The van der Waals surface area contributed by atoms with Gasteiger partial charge in [-0.1, -0.05) is 37.2 Å². The molecule has 0 bridgehead atoms. The molecular weight excluding hydrogens is 456 g/mol. The van der Waals surface area contributed by atoms with E-state index in [1.807, 2.05) is 35.1 Å². The van der Waals surface area contributed by atoms with Crippen molar-refractivity contribution in [2.75, 3.05) is 25.2 Å². The van der Waals surface area contributed by atoms with Gasteiger partial charge in [-0.05, 0) is 56.0 Å². The van der Waals surface area contributed by atoms with Crippen LogP contribution in [0.2, 0.25) is 0 Å². The van der Waals surface area contributed by atoms with Crippen LogP contribution in [0.4, 0.5) is 0 Å². The molecule has 0 N–H and O–H groups in total. The van der Waals surface area contributed by atoms with Crippen molar-refractivity contribution < 1.29 is 19.1 Å². The summed E-state index contributed by atoms with van der Waals surface area (Å²) in [5.74, 6) is 0.893. The first kappa shape index (κ1) is 25.1. The summed E-state index contributed by atoms with van der Waals surface area (Å²) in [6, 6.07) is 12.6. The van der Waals surface area contributed by atoms with Gasteiger partial charge in [0, 0.05) is 17.9 Å². The molecule has 0 fully saturated rings. The molecule has 33 heavy (non-hydrogen) atoms. The van der Waals surface area contributed by atoms with E-state index in [1.165, 1.54) is 11.3 Å². The maximum absolute atomic E-state index is 13.0. The minimum absolute atomic E-state index is 0.316. The fourth-order valence-electron chi connectivity index (χ4n) is 3.31. The van der Waals surface area contributed by atoms with Gasteiger partial charge in [0.25, 0.3) is 5.91 Å². The van der Waals surface area contributed by atoms with Gasteiger partial charge >= 0.3 is 5.97 Å². The number of thioether (sulfide) groups is 1. The lowest BCUT2D eigenvalue weighted by Gasteiger charge is -2.07. The fourth-order valence-corrected chi connectivity index (χ4v) is 4.77. The molecule has 0 saturated heterocycles. The topological polar surface area (TPSA) is 69.9 Å². The lowest BCUT2D eigenvalue weighted by molar-refractivity contribution is 0.0526. The molecule has 3 aromatic rings. The van der Waals surface area contributed by atoms with E-state index < -0.39 is 0 Å². The number of amides is 1. The highest BCUT2D eigenvalue weighted by Crippen LogP contribution is 2.21. The lowest BCUT2D eigenvalue weighted by atomic mass is 10.2. The highest BCUT2D eigenvalue weighted by molar-refractivity contribution is 7.98. The molecule has 0 unspecified atom stereocenters. The summed E-state index contributed by atoms with van der Waals surface area (Å²) in [6.45, 7) is 5.61. The van der Waals surface area contributed by atoms with E-state index in [9.17, 15) is 9.59 Å². The minimum atomic E-state index is -0.353. The molecule has 176 valence electrons.